The molecule has 74 valence electrons. The van der Waals surface area contributed by atoms with E-state index in [4.69, 9.17) is 16.3 Å². The molecule has 1 saturated heterocycles. The second kappa shape index (κ2) is 6.96. The summed E-state index contributed by atoms with van der Waals surface area (Å²) in [5.74, 6) is 0.748. The summed E-state index contributed by atoms with van der Waals surface area (Å²) in [6.07, 6.45) is 2.81. The summed E-state index contributed by atoms with van der Waals surface area (Å²) in [6, 6.07) is 0. The molecule has 0 aromatic rings. The van der Waals surface area contributed by atoms with Gasteiger partial charge in [0.25, 0.3) is 0 Å². The number of piperidine rings is 1. The van der Waals surface area contributed by atoms with E-state index in [1.165, 1.54) is 0 Å². The van der Waals surface area contributed by atoms with Gasteiger partial charge < -0.3 is 9.64 Å². The lowest BCUT2D eigenvalue weighted by atomic mass is 10.1. The van der Waals surface area contributed by atoms with Gasteiger partial charge in [0.1, 0.15) is 0 Å². The Kier molecular flexibility index (Phi) is 7.25. The minimum absolute atomic E-state index is 0. The van der Waals surface area contributed by atoms with Gasteiger partial charge in [0.2, 0.25) is 0 Å². The lowest BCUT2D eigenvalue weighted by molar-refractivity contribution is 0.0429. The molecule has 0 aromatic heterocycles. The maximum atomic E-state index is 5.63. The molecule has 1 aliphatic rings. The third kappa shape index (κ3) is 3.94. The Morgan fingerprint density at radius 2 is 2.00 bits per heavy atom. The van der Waals surface area contributed by atoms with E-state index in [0.717, 1.165) is 38.4 Å². The van der Waals surface area contributed by atoms with Gasteiger partial charge in [0.15, 0.2) is 0 Å². The molecule has 0 saturated carbocycles. The molecule has 0 radical (unpaired) electrons. The van der Waals surface area contributed by atoms with E-state index in [1.54, 1.807) is 7.11 Å². The highest BCUT2D eigenvalue weighted by Crippen LogP contribution is 2.12. The Hall–Kier alpha value is 0.500. The number of nitrogens with zero attached hydrogens (tertiary/aromatic N) is 1. The fourth-order valence-electron chi connectivity index (χ4n) is 1.49. The number of ether oxygens (including phenoxy) is 1. The fourth-order valence-corrected chi connectivity index (χ4v) is 1.73. The van der Waals surface area contributed by atoms with Crippen LogP contribution in [-0.4, -0.2) is 43.6 Å². The van der Waals surface area contributed by atoms with Crippen molar-refractivity contribution >= 4 is 24.0 Å². The molecule has 12 heavy (non-hydrogen) atoms. The van der Waals surface area contributed by atoms with E-state index in [0.29, 0.717) is 6.10 Å². The van der Waals surface area contributed by atoms with Gasteiger partial charge in [0, 0.05) is 32.6 Å². The molecule has 0 N–H and O–H groups in total. The molecule has 4 heteroatoms. The number of hydrogen-bond donors (Lipinski definition) is 0. The minimum atomic E-state index is 0. The van der Waals surface area contributed by atoms with E-state index in [9.17, 15) is 0 Å². The molecule has 1 fully saturated rings. The Labute approximate surface area is 85.6 Å². The van der Waals surface area contributed by atoms with Gasteiger partial charge in [-0.25, -0.2) is 0 Å². The monoisotopic (exact) mass is 213 g/mol. The Morgan fingerprint density at radius 3 is 2.42 bits per heavy atom. The average molecular weight is 214 g/mol. The molecule has 0 spiro atoms. The molecular weight excluding hydrogens is 197 g/mol. The second-order valence-electron chi connectivity index (χ2n) is 2.97. The smallest absolute Gasteiger partial charge is 0.0595 e. The summed E-state index contributed by atoms with van der Waals surface area (Å²) in [7, 11) is 1.79. The summed E-state index contributed by atoms with van der Waals surface area (Å²) < 4.78 is 5.26. The molecule has 0 aromatic carbocycles. The Bertz CT molecular complexity index is 105. The van der Waals surface area contributed by atoms with Crippen molar-refractivity contribution in [2.24, 2.45) is 0 Å². The van der Waals surface area contributed by atoms with Crippen LogP contribution in [0.25, 0.3) is 0 Å². The fraction of sp³-hybridized carbons (Fsp3) is 1.00. The molecule has 0 amide bonds. The van der Waals surface area contributed by atoms with E-state index < -0.39 is 0 Å². The zero-order valence-electron chi connectivity index (χ0n) is 7.46. The quantitative estimate of drug-likeness (QED) is 0.663. The molecule has 0 bridgehead atoms. The second-order valence-corrected chi connectivity index (χ2v) is 3.34. The zero-order chi connectivity index (χ0) is 8.10. The van der Waals surface area contributed by atoms with Crippen LogP contribution in [0.15, 0.2) is 0 Å². The van der Waals surface area contributed by atoms with Crippen LogP contribution in [0.3, 0.4) is 0 Å². The zero-order valence-corrected chi connectivity index (χ0v) is 9.03. The van der Waals surface area contributed by atoms with Crippen molar-refractivity contribution in [2.45, 2.75) is 18.9 Å². The predicted molar refractivity (Wildman–Crippen MR) is 54.4 cm³/mol. The summed E-state index contributed by atoms with van der Waals surface area (Å²) >= 11 is 5.63. The van der Waals surface area contributed by atoms with Crippen LogP contribution in [0.2, 0.25) is 0 Å². The Balaban J connectivity index is 0.00000121. The van der Waals surface area contributed by atoms with E-state index in [2.05, 4.69) is 4.90 Å². The van der Waals surface area contributed by atoms with Crippen molar-refractivity contribution in [3.05, 3.63) is 0 Å². The van der Waals surface area contributed by atoms with Gasteiger partial charge in [-0.15, -0.1) is 24.0 Å². The number of halogens is 2. The average Bonchev–Trinajstić information content (AvgIpc) is 2.07. The highest BCUT2D eigenvalue weighted by atomic mass is 35.5. The summed E-state index contributed by atoms with van der Waals surface area (Å²) in [5, 5.41) is 0. The van der Waals surface area contributed by atoms with E-state index >= 15 is 0 Å². The van der Waals surface area contributed by atoms with Crippen molar-refractivity contribution in [3.63, 3.8) is 0 Å². The molecule has 2 nitrogen and oxygen atoms in total. The lowest BCUT2D eigenvalue weighted by Crippen LogP contribution is -2.37. The van der Waals surface area contributed by atoms with Crippen LogP contribution >= 0.6 is 24.0 Å². The van der Waals surface area contributed by atoms with Crippen molar-refractivity contribution in [3.8, 4) is 0 Å². The molecule has 0 aliphatic carbocycles. The number of rotatable bonds is 3. The summed E-state index contributed by atoms with van der Waals surface area (Å²) in [5.41, 5.74) is 0. The minimum Gasteiger partial charge on any atom is -0.381 e. The molecular formula is C8H17Cl2NO. The number of likely N-dealkylation sites (tertiary alicyclic amines) is 1. The van der Waals surface area contributed by atoms with Gasteiger partial charge in [-0.1, -0.05) is 0 Å². The molecule has 0 unspecified atom stereocenters. The van der Waals surface area contributed by atoms with Crippen molar-refractivity contribution in [1.29, 1.82) is 0 Å². The Morgan fingerprint density at radius 1 is 1.42 bits per heavy atom. The molecule has 1 rings (SSSR count). The van der Waals surface area contributed by atoms with Crippen LogP contribution in [0.5, 0.6) is 0 Å². The normalized spacial score (nSPS) is 20.5. The third-order valence-corrected chi connectivity index (χ3v) is 2.44. The maximum absolute atomic E-state index is 5.63. The first-order valence-corrected chi connectivity index (χ1v) is 4.71. The van der Waals surface area contributed by atoms with E-state index in [-0.39, 0.29) is 12.4 Å². The standard InChI is InChI=1S/C8H16ClNO.ClH/c1-11-8-2-5-10(6-3-8)7-4-9;/h8H,2-7H2,1H3;1H. The highest BCUT2D eigenvalue weighted by molar-refractivity contribution is 6.18. The van der Waals surface area contributed by atoms with Crippen LogP contribution in [0, 0.1) is 0 Å². The van der Waals surface area contributed by atoms with Gasteiger partial charge in [-0.2, -0.15) is 0 Å². The van der Waals surface area contributed by atoms with E-state index in [1.807, 2.05) is 0 Å². The number of hydrogen-bond acceptors (Lipinski definition) is 2. The molecule has 1 aliphatic heterocycles. The molecule has 0 atom stereocenters. The van der Waals surface area contributed by atoms with Gasteiger partial charge in [-0.05, 0) is 12.8 Å². The van der Waals surface area contributed by atoms with Crippen LogP contribution in [0.1, 0.15) is 12.8 Å². The van der Waals surface area contributed by atoms with Crippen molar-refractivity contribution in [2.75, 3.05) is 32.6 Å². The van der Waals surface area contributed by atoms with Crippen LogP contribution < -0.4 is 0 Å². The predicted octanol–water partition coefficient (Wildman–Crippen LogP) is 1.76. The molecule has 1 heterocycles. The highest BCUT2D eigenvalue weighted by Gasteiger charge is 2.17. The van der Waals surface area contributed by atoms with Crippen LogP contribution in [-0.2, 0) is 4.74 Å². The summed E-state index contributed by atoms with van der Waals surface area (Å²) in [4.78, 5) is 2.39. The van der Waals surface area contributed by atoms with Crippen molar-refractivity contribution in [1.82, 2.24) is 4.90 Å². The number of methoxy groups -OCH3 is 1. The maximum Gasteiger partial charge on any atom is 0.0595 e. The largest absolute Gasteiger partial charge is 0.381 e. The SMILES string of the molecule is COC1CCN(CCCl)CC1.Cl. The topological polar surface area (TPSA) is 12.5 Å². The third-order valence-electron chi connectivity index (χ3n) is 2.27. The van der Waals surface area contributed by atoms with Crippen molar-refractivity contribution < 1.29 is 4.74 Å². The van der Waals surface area contributed by atoms with Gasteiger partial charge >= 0.3 is 0 Å². The van der Waals surface area contributed by atoms with Gasteiger partial charge in [-0.3, -0.25) is 0 Å². The first kappa shape index (κ1) is 12.5. The summed E-state index contributed by atoms with van der Waals surface area (Å²) in [6.45, 7) is 3.31. The first-order chi connectivity index (χ1) is 5.36. The van der Waals surface area contributed by atoms with Gasteiger partial charge in [0.05, 0.1) is 6.10 Å². The first-order valence-electron chi connectivity index (χ1n) is 4.18. The van der Waals surface area contributed by atoms with Crippen LogP contribution in [0.4, 0.5) is 0 Å². The number of alkyl halides is 1. The lowest BCUT2D eigenvalue weighted by Gasteiger charge is -2.30.